The zero-order chi connectivity index (χ0) is 23.5. The number of amides is 1. The van der Waals surface area contributed by atoms with E-state index in [-0.39, 0.29) is 23.8 Å². The second kappa shape index (κ2) is 10.3. The van der Waals surface area contributed by atoms with Crippen LogP contribution in [-0.2, 0) is 20.6 Å². The Kier molecular flexibility index (Phi) is 8.13. The van der Waals surface area contributed by atoms with Crippen molar-refractivity contribution < 1.29 is 19.0 Å². The molecule has 3 rings (SSSR count). The average Bonchev–Trinajstić information content (AvgIpc) is 2.74. The molecule has 32 heavy (non-hydrogen) atoms. The second-order valence-corrected chi connectivity index (χ2v) is 10.9. The van der Waals surface area contributed by atoms with Crippen LogP contribution in [-0.4, -0.2) is 78.6 Å². The Morgan fingerprint density at radius 2 is 1.75 bits per heavy atom. The van der Waals surface area contributed by atoms with E-state index in [1.54, 1.807) is 7.11 Å². The maximum Gasteiger partial charge on any atom is 0.410 e. The van der Waals surface area contributed by atoms with Gasteiger partial charge in [-0.25, -0.2) is 4.79 Å². The van der Waals surface area contributed by atoms with Crippen molar-refractivity contribution in [2.45, 2.75) is 83.3 Å². The van der Waals surface area contributed by atoms with Gasteiger partial charge in [-0.15, -0.1) is 0 Å². The van der Waals surface area contributed by atoms with Gasteiger partial charge in [-0.1, -0.05) is 23.7 Å². The summed E-state index contributed by atoms with van der Waals surface area (Å²) in [6.07, 6.45) is 2.54. The van der Waals surface area contributed by atoms with Crippen LogP contribution in [0.25, 0.3) is 0 Å². The van der Waals surface area contributed by atoms with Gasteiger partial charge in [0.1, 0.15) is 5.60 Å². The topological polar surface area (TPSA) is 51.2 Å². The number of carbonyl (C=O) groups excluding carboxylic acids is 1. The third-order valence-corrected chi connectivity index (χ3v) is 6.86. The van der Waals surface area contributed by atoms with Gasteiger partial charge in [0.2, 0.25) is 0 Å². The number of hydrogen-bond acceptors (Lipinski definition) is 5. The maximum atomic E-state index is 12.5. The highest BCUT2D eigenvalue weighted by Crippen LogP contribution is 2.30. The molecule has 2 saturated heterocycles. The van der Waals surface area contributed by atoms with Crippen LogP contribution in [0.1, 0.15) is 53.0 Å². The van der Waals surface area contributed by atoms with Gasteiger partial charge in [-0.05, 0) is 71.6 Å². The highest BCUT2D eigenvalue weighted by atomic mass is 35.5. The van der Waals surface area contributed by atoms with E-state index < -0.39 is 5.60 Å². The minimum absolute atomic E-state index is 0.00199. The number of methoxy groups -OCH3 is 1. The molecule has 2 fully saturated rings. The van der Waals surface area contributed by atoms with E-state index in [2.05, 4.69) is 30.9 Å². The lowest BCUT2D eigenvalue weighted by molar-refractivity contribution is -0.166. The van der Waals surface area contributed by atoms with Gasteiger partial charge in [0.25, 0.3) is 0 Å². The fraction of sp³-hybridized carbons (Fsp3) is 0.720. The molecule has 1 aromatic rings. The van der Waals surface area contributed by atoms with Crippen molar-refractivity contribution in [3.63, 3.8) is 0 Å². The van der Waals surface area contributed by atoms with Crippen molar-refractivity contribution in [3.8, 4) is 0 Å². The Labute approximate surface area is 198 Å². The summed E-state index contributed by atoms with van der Waals surface area (Å²) in [5, 5.41) is 0.752. The molecule has 0 aliphatic carbocycles. The molecule has 0 spiro atoms. The maximum absolute atomic E-state index is 12.5. The van der Waals surface area contributed by atoms with Crippen LogP contribution in [0, 0.1) is 0 Å². The van der Waals surface area contributed by atoms with Gasteiger partial charge < -0.3 is 19.1 Å². The Balaban J connectivity index is 1.69. The fourth-order valence-electron chi connectivity index (χ4n) is 4.49. The lowest BCUT2D eigenvalue weighted by Crippen LogP contribution is -2.61. The molecule has 7 heteroatoms. The summed E-state index contributed by atoms with van der Waals surface area (Å²) < 4.78 is 17.6. The smallest absolute Gasteiger partial charge is 0.410 e. The molecule has 0 saturated carbocycles. The largest absolute Gasteiger partial charge is 0.444 e. The van der Waals surface area contributed by atoms with Crippen molar-refractivity contribution in [2.24, 2.45) is 0 Å². The molecule has 0 aromatic heterocycles. The van der Waals surface area contributed by atoms with E-state index in [1.165, 1.54) is 5.56 Å². The molecular formula is C25H39ClN2O4. The standard InChI is InChI=1S/C25H39ClN2O4/c1-24(2,3)32-23(29)27-13-11-20(12-14-27)28-16-22(25(4,5)30-6)31-17-21(28)15-18-7-9-19(26)10-8-18/h7-10,20-22H,11-17H2,1-6H3/t21-,22+/m0/s1. The summed E-state index contributed by atoms with van der Waals surface area (Å²) in [6, 6.07) is 8.75. The second-order valence-electron chi connectivity index (χ2n) is 10.5. The predicted octanol–water partition coefficient (Wildman–Crippen LogP) is 4.78. The molecule has 2 heterocycles. The Bertz CT molecular complexity index is 754. The van der Waals surface area contributed by atoms with Crippen LogP contribution in [0.5, 0.6) is 0 Å². The molecule has 6 nitrogen and oxygen atoms in total. The summed E-state index contributed by atoms with van der Waals surface area (Å²) in [6.45, 7) is 12.8. The molecular weight excluding hydrogens is 428 g/mol. The van der Waals surface area contributed by atoms with E-state index in [9.17, 15) is 4.79 Å². The van der Waals surface area contributed by atoms with E-state index >= 15 is 0 Å². The normalized spacial score (nSPS) is 23.9. The summed E-state index contributed by atoms with van der Waals surface area (Å²) in [5.41, 5.74) is 0.422. The number of likely N-dealkylation sites (tertiary alicyclic amines) is 1. The number of carbonyl (C=O) groups is 1. The molecule has 180 valence electrons. The van der Waals surface area contributed by atoms with E-state index in [1.807, 2.05) is 37.8 Å². The van der Waals surface area contributed by atoms with Crippen LogP contribution < -0.4 is 0 Å². The first-order valence-electron chi connectivity index (χ1n) is 11.6. The van der Waals surface area contributed by atoms with Crippen molar-refractivity contribution in [1.82, 2.24) is 9.80 Å². The number of nitrogens with zero attached hydrogens (tertiary/aromatic N) is 2. The summed E-state index contributed by atoms with van der Waals surface area (Å²) in [7, 11) is 1.74. The Morgan fingerprint density at radius 3 is 2.31 bits per heavy atom. The van der Waals surface area contributed by atoms with Gasteiger partial charge in [-0.3, -0.25) is 4.90 Å². The molecule has 1 aromatic carbocycles. The van der Waals surface area contributed by atoms with Crippen LogP contribution in [0.15, 0.2) is 24.3 Å². The number of morpholine rings is 1. The van der Waals surface area contributed by atoms with E-state index in [4.69, 9.17) is 25.8 Å². The van der Waals surface area contributed by atoms with Crippen molar-refractivity contribution in [3.05, 3.63) is 34.9 Å². The Morgan fingerprint density at radius 1 is 1.12 bits per heavy atom. The zero-order valence-corrected chi connectivity index (χ0v) is 21.2. The molecule has 2 aliphatic heterocycles. The third-order valence-electron chi connectivity index (χ3n) is 6.61. The lowest BCUT2D eigenvalue weighted by Gasteiger charge is -2.49. The van der Waals surface area contributed by atoms with Crippen molar-refractivity contribution in [1.29, 1.82) is 0 Å². The van der Waals surface area contributed by atoms with Crippen molar-refractivity contribution >= 4 is 17.7 Å². The van der Waals surface area contributed by atoms with Crippen LogP contribution in [0.4, 0.5) is 4.79 Å². The number of benzene rings is 1. The SMILES string of the molecule is COC(C)(C)[C@H]1CN(C2CCN(C(=O)OC(C)(C)C)CC2)[C@@H](Cc2ccc(Cl)cc2)CO1. The highest BCUT2D eigenvalue weighted by Gasteiger charge is 2.41. The summed E-state index contributed by atoms with van der Waals surface area (Å²) >= 11 is 6.08. The lowest BCUT2D eigenvalue weighted by atomic mass is 9.92. The number of halogens is 1. The predicted molar refractivity (Wildman–Crippen MR) is 127 cm³/mol. The molecule has 0 unspecified atom stereocenters. The fourth-order valence-corrected chi connectivity index (χ4v) is 4.62. The first-order valence-corrected chi connectivity index (χ1v) is 12.0. The minimum Gasteiger partial charge on any atom is -0.444 e. The highest BCUT2D eigenvalue weighted by molar-refractivity contribution is 6.30. The number of ether oxygens (including phenoxy) is 3. The van der Waals surface area contributed by atoms with E-state index in [0.717, 1.165) is 30.8 Å². The number of hydrogen-bond donors (Lipinski definition) is 0. The molecule has 0 bridgehead atoms. The molecule has 1 amide bonds. The van der Waals surface area contributed by atoms with Crippen LogP contribution in [0.2, 0.25) is 5.02 Å². The first kappa shape index (κ1) is 25.3. The minimum atomic E-state index is -0.471. The molecule has 2 aliphatic rings. The molecule has 2 atom stereocenters. The van der Waals surface area contributed by atoms with Gasteiger partial charge in [0.15, 0.2) is 0 Å². The van der Waals surface area contributed by atoms with Gasteiger partial charge >= 0.3 is 6.09 Å². The van der Waals surface area contributed by atoms with Gasteiger partial charge in [0, 0.05) is 43.9 Å². The summed E-state index contributed by atoms with van der Waals surface area (Å²) in [4.78, 5) is 16.9. The van der Waals surface area contributed by atoms with Crippen LogP contribution in [0.3, 0.4) is 0 Å². The first-order chi connectivity index (χ1) is 15.0. The number of rotatable bonds is 5. The average molecular weight is 467 g/mol. The zero-order valence-electron chi connectivity index (χ0n) is 20.4. The van der Waals surface area contributed by atoms with E-state index in [0.29, 0.717) is 25.7 Å². The van der Waals surface area contributed by atoms with Crippen LogP contribution >= 0.6 is 11.6 Å². The monoisotopic (exact) mass is 466 g/mol. The van der Waals surface area contributed by atoms with Crippen molar-refractivity contribution in [2.75, 3.05) is 33.4 Å². The van der Waals surface area contributed by atoms with Gasteiger partial charge in [0.05, 0.1) is 18.3 Å². The third kappa shape index (κ3) is 6.60. The Hall–Kier alpha value is -1.34. The number of piperidine rings is 1. The molecule has 0 N–H and O–H groups in total. The quantitative estimate of drug-likeness (QED) is 0.625. The van der Waals surface area contributed by atoms with Gasteiger partial charge in [-0.2, -0.15) is 0 Å². The summed E-state index contributed by atoms with van der Waals surface area (Å²) in [5.74, 6) is 0. The molecule has 0 radical (unpaired) electrons.